The van der Waals surface area contributed by atoms with Crippen LogP contribution in [0.15, 0.2) is 0 Å². The van der Waals surface area contributed by atoms with E-state index in [9.17, 15) is 0 Å². The quantitative estimate of drug-likeness (QED) is 0.0315. The van der Waals surface area contributed by atoms with Gasteiger partial charge in [0.15, 0.2) is 190 Å². The van der Waals surface area contributed by atoms with Gasteiger partial charge in [-0.3, -0.25) is 0 Å². The molecular weight excluding hydrogens is 1970 g/mol. The zero-order valence-corrected chi connectivity index (χ0v) is 68.4. The Morgan fingerprint density at radius 1 is 0.222 bits per heavy atom. The maximum absolute atomic E-state index is 22.0. The third-order valence-corrected chi connectivity index (χ3v) is 68.4. The number of alkyl halides is 1. The van der Waals surface area contributed by atoms with Crippen LogP contribution in [0.5, 0.6) is 5.75 Å². The predicted molar refractivity (Wildman–Crippen MR) is 345 cm³/mol. The fourth-order valence-electron chi connectivity index (χ4n) is 17.5. The van der Waals surface area contributed by atoms with E-state index in [4.69, 9.17) is 46.2 Å². The van der Waals surface area contributed by atoms with Crippen LogP contribution in [0.25, 0.3) is 0 Å². The number of hydrogen-bond donors (Lipinski definition) is 0. The Bertz CT molecular complexity index is 5980. The van der Waals surface area contributed by atoms with Crippen LogP contribution < -0.4 is 4.43 Å². The van der Waals surface area contributed by atoms with Crippen LogP contribution in [0.4, 0.5) is 176 Å². The maximum Gasteiger partial charge on any atom is 0.548 e. The van der Waals surface area contributed by atoms with Crippen LogP contribution in [-0.4, -0.2) is 78.9 Å². The summed E-state index contributed by atoms with van der Waals surface area (Å²) in [6, 6.07) is -18.7. The van der Waals surface area contributed by atoms with Crippen molar-refractivity contribution < 1.29 is 222 Å². The van der Waals surface area contributed by atoms with Crippen molar-refractivity contribution in [3.63, 3.8) is 0 Å². The van der Waals surface area contributed by atoms with Gasteiger partial charge in [-0.2, -0.15) is 4.39 Å². The van der Waals surface area contributed by atoms with Crippen LogP contribution >= 0.6 is 0 Å². The van der Waals surface area contributed by atoms with Gasteiger partial charge in [-0.15, -0.1) is 0 Å². The first-order chi connectivity index (χ1) is 58.6. The Morgan fingerprint density at radius 2 is 0.500 bits per heavy atom. The molecule has 11 nitrogen and oxygen atoms in total. The van der Waals surface area contributed by atoms with Crippen molar-refractivity contribution in [2.45, 2.75) is 115 Å². The molecule has 9 aliphatic heterocycles. The summed E-state index contributed by atoms with van der Waals surface area (Å²) < 4.78 is 727. The minimum absolute atomic E-state index is 2.13. The van der Waals surface area contributed by atoms with Crippen LogP contribution in [-0.2, 0) is 92.0 Å². The van der Waals surface area contributed by atoms with Crippen molar-refractivity contribution in [2.24, 2.45) is 0 Å². The summed E-state index contributed by atoms with van der Waals surface area (Å²) in [6.45, 7) is 0. The van der Waals surface area contributed by atoms with E-state index >= 15 is 176 Å². The normalized spacial score (nSPS) is 28.4. The van der Waals surface area contributed by atoms with Gasteiger partial charge in [0.2, 0.25) is 52.4 Å². The van der Waals surface area contributed by atoms with Crippen molar-refractivity contribution in [3.8, 4) is 5.75 Å². The molecule has 8 fully saturated rings. The van der Waals surface area contributed by atoms with Crippen LogP contribution in [0.3, 0.4) is 0 Å². The Morgan fingerprint density at radius 3 is 0.881 bits per heavy atom. The molecule has 9 aliphatic rings. The molecule has 9 bridgehead atoms. The second-order valence-corrected chi connectivity index (χ2v) is 57.5. The van der Waals surface area contributed by atoms with Gasteiger partial charge < -0.3 is 46.2 Å². The first kappa shape index (κ1) is 91.4. The van der Waals surface area contributed by atoms with Gasteiger partial charge in [-0.25, -0.2) is 171 Å². The molecule has 0 saturated carbocycles. The highest BCUT2D eigenvalue weighted by Crippen LogP contribution is 2.75. The summed E-state index contributed by atoms with van der Waals surface area (Å²) >= 11 is 0. The minimum Gasteiger partial charge on any atom is -0.498 e. The van der Waals surface area contributed by atoms with E-state index in [2.05, 4.69) is 0 Å². The summed E-state index contributed by atoms with van der Waals surface area (Å²) in [7, 11) is -61.6. The van der Waals surface area contributed by atoms with Gasteiger partial charge in [-0.05, 0) is 69.1 Å². The fraction of sp³-hybridized carbons (Fsp3) is 0.284. The smallest absolute Gasteiger partial charge is 0.498 e. The van der Waals surface area contributed by atoms with Gasteiger partial charge in [-0.1, -0.05) is 0 Å². The predicted octanol–water partition coefficient (Wildman–Crippen LogP) is 19.2. The lowest BCUT2D eigenvalue weighted by atomic mass is 9.98. The van der Waals surface area contributed by atoms with Crippen LogP contribution in [0.1, 0.15) is 50.9 Å². The van der Waals surface area contributed by atoms with Crippen LogP contribution in [0, 0.1) is 227 Å². The van der Waals surface area contributed by atoms with Crippen molar-refractivity contribution in [1.82, 2.24) is 0 Å². The maximum atomic E-state index is 22.0. The van der Waals surface area contributed by atoms with E-state index in [1.54, 1.807) is 0 Å². The van der Waals surface area contributed by atoms with E-state index in [-0.39, 0.29) is 0 Å². The Kier molecular flexibility index (Phi) is 21.8. The summed E-state index contributed by atoms with van der Waals surface area (Å²) in [5.41, 5.74) is -19.7. The molecule has 0 radical (unpaired) electrons. The monoisotopic (exact) mass is 2000 g/mol. The molecular formula is C67H32F40O11Si8. The zero-order chi connectivity index (χ0) is 92.3. The third-order valence-electron chi connectivity index (χ3n) is 23.1. The molecule has 4 spiro atoms. The molecule has 59 heteroatoms. The third kappa shape index (κ3) is 12.3. The SMILES string of the molecule is Fc1c(F)c(F)c(CCC2(F)c3c(F)c(F)c(F)c(F)c3O[Si]3(CCc4c(F)c(F)c(F)c(F)c4F)O[Si]45CC[Si]26O[Si](CCc2c(F)c(F)c(F)c(F)c2F)(O[Si]2(CCc7c(F)c(F)c(F)c(F)c7F)OC7(Cc8c(F)c(F)c(F)c(F)c8F)C[Si](O2)(O6)C42O[Si]7(CCc4c(F)c(F)c(F)c(F)c4F)O[Si]2(CCc2c(F)c(F)c(F)c(F)c2F)O3)O5)c(F)c1F. The lowest BCUT2D eigenvalue weighted by Crippen LogP contribution is -3.00. The molecule has 17 rings (SSSR count). The lowest BCUT2D eigenvalue weighted by molar-refractivity contribution is -0.0529. The average molecular weight is 2000 g/mol. The Labute approximate surface area is 680 Å². The topological polar surface area (TPSA) is 102 Å². The molecule has 0 amide bonds. The molecule has 8 saturated heterocycles. The molecule has 11 unspecified atom stereocenters. The van der Waals surface area contributed by atoms with Gasteiger partial charge in [0.25, 0.3) is 0 Å². The van der Waals surface area contributed by atoms with Crippen molar-refractivity contribution in [1.29, 1.82) is 0 Å². The highest BCUT2D eigenvalue weighted by Gasteiger charge is 3.04. The molecule has 678 valence electrons. The van der Waals surface area contributed by atoms with Crippen LogP contribution in [0.2, 0.25) is 48.4 Å². The summed E-state index contributed by atoms with van der Waals surface area (Å²) in [6.07, 6.45) is -19.9. The van der Waals surface area contributed by atoms with E-state index < -0.39 is 461 Å². The van der Waals surface area contributed by atoms with Crippen molar-refractivity contribution >= 4 is 69.2 Å². The lowest BCUT2D eigenvalue weighted by Gasteiger charge is -2.71. The summed E-state index contributed by atoms with van der Waals surface area (Å²) in [5.74, 6) is -125. The minimum atomic E-state index is -7.95. The molecule has 0 aliphatic carbocycles. The number of hydrogen-bond acceptors (Lipinski definition) is 11. The second-order valence-electron chi connectivity index (χ2n) is 29.6. The Hall–Kier alpha value is -7.90. The zero-order valence-electron chi connectivity index (χ0n) is 60.4. The number of benzene rings is 8. The molecule has 8 aromatic rings. The van der Waals surface area contributed by atoms with Crippen molar-refractivity contribution in [3.05, 3.63) is 271 Å². The molecule has 0 N–H and O–H groups in total. The fourth-order valence-corrected chi connectivity index (χ4v) is 84.1. The van der Waals surface area contributed by atoms with Gasteiger partial charge in [0, 0.05) is 69.5 Å². The standard InChI is InChI=1S/C67H32F40O11Si8/c68-25-17(26(69)41(84)55(98)40(25)83)1-7-66(107)24-39(82)54(97)62(105)63(106)64(24)108-124(10-4-20-31(74)46(89)58(101)47(90)32(20)75)114-121(9-3-19-29(72)44(87)57(100)45(88)30(19)73)67-110-119(111-121,8-2-18-27(70)42(85)56(99)43(86)28(18)71)65(15-23-37(80)52(95)61(104)53(96)38(23)81)16-123(67)112-120(66)13-14-122(67,115-124)116-126(113-120,12-6-22-35(78)50(93)60(103)51(94)36(22)79)118-125(109-65,117-123)11-5-21-33(76)48(91)59(102)49(92)34(21)77/h1-16H2. The van der Waals surface area contributed by atoms with E-state index in [1.165, 1.54) is 0 Å². The summed E-state index contributed by atoms with van der Waals surface area (Å²) in [4.78, 5) is 0. The first-order valence-electron chi connectivity index (χ1n) is 35.4. The molecule has 8 aromatic carbocycles. The highest BCUT2D eigenvalue weighted by atomic mass is 28.6. The molecule has 9 heterocycles. The van der Waals surface area contributed by atoms with Gasteiger partial charge >= 0.3 is 69.2 Å². The molecule has 126 heavy (non-hydrogen) atoms. The van der Waals surface area contributed by atoms with Crippen molar-refractivity contribution in [2.75, 3.05) is 0 Å². The van der Waals surface area contributed by atoms with E-state index in [1.807, 2.05) is 0 Å². The number of fused-ring (bicyclic) bond motifs is 5. The number of rotatable bonds is 20. The molecule has 0 aromatic heterocycles. The van der Waals surface area contributed by atoms with E-state index in [0.717, 1.165) is 0 Å². The van der Waals surface area contributed by atoms with E-state index in [0.29, 0.717) is 0 Å². The average Bonchev–Trinajstić information content (AvgIpc) is 1.42. The summed E-state index contributed by atoms with van der Waals surface area (Å²) in [5, 5.41) is -10.1. The largest absolute Gasteiger partial charge is 0.548 e. The second kappa shape index (κ2) is 30.1. The highest BCUT2D eigenvalue weighted by molar-refractivity contribution is 7.22. The first-order valence-corrected chi connectivity index (χ1v) is 51.3. The molecule has 11 atom stereocenters. The van der Waals surface area contributed by atoms with Gasteiger partial charge in [0.1, 0.15) is 5.22 Å². The van der Waals surface area contributed by atoms with Gasteiger partial charge in [0.05, 0.1) is 5.56 Å². The Balaban J connectivity index is 1.14. The number of halogens is 40.